The van der Waals surface area contributed by atoms with Crippen LogP contribution in [-0.4, -0.2) is 0 Å². The molecular formula is C13H11ClFNO. The van der Waals surface area contributed by atoms with E-state index < -0.39 is 5.82 Å². The molecule has 0 aliphatic carbocycles. The van der Waals surface area contributed by atoms with Crippen molar-refractivity contribution in [1.29, 1.82) is 0 Å². The largest absolute Gasteiger partial charge is 0.457 e. The van der Waals surface area contributed by atoms with Gasteiger partial charge in [0.25, 0.3) is 0 Å². The summed E-state index contributed by atoms with van der Waals surface area (Å²) in [7, 11) is 0. The Bertz CT molecular complexity index is 537. The quantitative estimate of drug-likeness (QED) is 0.814. The van der Waals surface area contributed by atoms with Gasteiger partial charge in [-0.2, -0.15) is 0 Å². The normalized spacial score (nSPS) is 10.3. The zero-order valence-electron chi connectivity index (χ0n) is 9.21. The number of hydrogen-bond donors (Lipinski definition) is 1. The van der Waals surface area contributed by atoms with Crippen molar-refractivity contribution in [2.45, 2.75) is 6.92 Å². The lowest BCUT2D eigenvalue weighted by Crippen LogP contribution is -1.91. The molecule has 0 spiro atoms. The van der Waals surface area contributed by atoms with E-state index in [2.05, 4.69) is 0 Å². The number of halogens is 2. The molecule has 0 heterocycles. The fourth-order valence-corrected chi connectivity index (χ4v) is 1.62. The minimum atomic E-state index is -0.431. The molecule has 2 aromatic rings. The Kier molecular flexibility index (Phi) is 3.20. The van der Waals surface area contributed by atoms with Crippen molar-refractivity contribution in [1.82, 2.24) is 0 Å². The van der Waals surface area contributed by atoms with Gasteiger partial charge in [-0.15, -0.1) is 0 Å². The van der Waals surface area contributed by atoms with Crippen LogP contribution in [-0.2, 0) is 0 Å². The van der Waals surface area contributed by atoms with Gasteiger partial charge in [0.15, 0.2) is 0 Å². The smallest absolute Gasteiger partial charge is 0.132 e. The van der Waals surface area contributed by atoms with E-state index >= 15 is 0 Å². The summed E-state index contributed by atoms with van der Waals surface area (Å²) in [5.41, 5.74) is 6.77. The lowest BCUT2D eigenvalue weighted by Gasteiger charge is -2.09. The lowest BCUT2D eigenvalue weighted by molar-refractivity contribution is 0.473. The molecule has 0 aliphatic heterocycles. The Morgan fingerprint density at radius 1 is 1.18 bits per heavy atom. The maximum Gasteiger partial charge on any atom is 0.132 e. The molecule has 0 saturated heterocycles. The summed E-state index contributed by atoms with van der Waals surface area (Å²) in [5, 5.41) is 0.565. The molecule has 0 amide bonds. The van der Waals surface area contributed by atoms with Crippen LogP contribution in [0, 0.1) is 12.7 Å². The van der Waals surface area contributed by atoms with E-state index in [1.54, 1.807) is 18.2 Å². The molecule has 0 saturated carbocycles. The van der Waals surface area contributed by atoms with Gasteiger partial charge in [0.1, 0.15) is 17.3 Å². The summed E-state index contributed by atoms with van der Waals surface area (Å²) in [6, 6.07) is 9.35. The van der Waals surface area contributed by atoms with Crippen LogP contribution >= 0.6 is 11.6 Å². The van der Waals surface area contributed by atoms with Crippen LogP contribution in [0.3, 0.4) is 0 Å². The predicted octanol–water partition coefficient (Wildman–Crippen LogP) is 4.16. The molecule has 2 nitrogen and oxygen atoms in total. The Morgan fingerprint density at radius 2 is 1.94 bits per heavy atom. The Labute approximate surface area is 104 Å². The molecule has 0 fully saturated rings. The first-order valence-electron chi connectivity index (χ1n) is 5.04. The molecule has 2 N–H and O–H groups in total. The Hall–Kier alpha value is -1.74. The van der Waals surface area contributed by atoms with Crippen LogP contribution in [0.5, 0.6) is 11.5 Å². The van der Waals surface area contributed by atoms with Crippen LogP contribution in [0.1, 0.15) is 5.56 Å². The summed E-state index contributed by atoms with van der Waals surface area (Å²) in [5.74, 6) is 0.509. The van der Waals surface area contributed by atoms with Crippen molar-refractivity contribution < 1.29 is 9.13 Å². The molecule has 0 atom stereocenters. The van der Waals surface area contributed by atoms with Gasteiger partial charge in [-0.05, 0) is 30.7 Å². The fraction of sp³-hybridized carbons (Fsp3) is 0.0769. The maximum atomic E-state index is 13.1. The van der Waals surface area contributed by atoms with Crippen LogP contribution in [0.2, 0.25) is 5.02 Å². The molecule has 2 aromatic carbocycles. The van der Waals surface area contributed by atoms with E-state index in [4.69, 9.17) is 22.1 Å². The molecule has 0 unspecified atom stereocenters. The molecule has 0 aromatic heterocycles. The number of ether oxygens (including phenoxy) is 1. The van der Waals surface area contributed by atoms with Gasteiger partial charge in [0, 0.05) is 22.8 Å². The molecular weight excluding hydrogens is 241 g/mol. The van der Waals surface area contributed by atoms with Gasteiger partial charge in [-0.3, -0.25) is 0 Å². The summed E-state index contributed by atoms with van der Waals surface area (Å²) < 4.78 is 18.7. The van der Waals surface area contributed by atoms with Gasteiger partial charge in [-0.25, -0.2) is 4.39 Å². The average molecular weight is 252 g/mol. The summed E-state index contributed by atoms with van der Waals surface area (Å²) in [6.45, 7) is 1.88. The third-order valence-electron chi connectivity index (χ3n) is 2.27. The number of hydrogen-bond acceptors (Lipinski definition) is 2. The number of anilines is 1. The second-order valence-electron chi connectivity index (χ2n) is 3.73. The van der Waals surface area contributed by atoms with Gasteiger partial charge >= 0.3 is 0 Å². The second kappa shape index (κ2) is 4.63. The van der Waals surface area contributed by atoms with Crippen molar-refractivity contribution in [2.24, 2.45) is 0 Å². The van der Waals surface area contributed by atoms with Gasteiger partial charge in [0.05, 0.1) is 0 Å². The summed E-state index contributed by atoms with van der Waals surface area (Å²) in [4.78, 5) is 0. The topological polar surface area (TPSA) is 35.2 Å². The first-order chi connectivity index (χ1) is 8.04. The standard InChI is InChI=1S/C13H11ClFNO/c1-8-2-3-9(14)4-13(8)17-12-6-10(15)5-11(16)7-12/h2-7H,16H2,1H3. The SMILES string of the molecule is Cc1ccc(Cl)cc1Oc1cc(N)cc(F)c1. The lowest BCUT2D eigenvalue weighted by atomic mass is 10.2. The first kappa shape index (κ1) is 11.7. The molecule has 17 heavy (non-hydrogen) atoms. The highest BCUT2D eigenvalue weighted by Crippen LogP contribution is 2.29. The number of aryl methyl sites for hydroxylation is 1. The number of benzene rings is 2. The Balaban J connectivity index is 2.34. The molecule has 88 valence electrons. The van der Waals surface area contributed by atoms with E-state index in [9.17, 15) is 4.39 Å². The Morgan fingerprint density at radius 3 is 2.65 bits per heavy atom. The van der Waals surface area contributed by atoms with Crippen LogP contribution in [0.25, 0.3) is 0 Å². The van der Waals surface area contributed by atoms with Gasteiger partial charge < -0.3 is 10.5 Å². The van der Waals surface area contributed by atoms with Crippen LogP contribution < -0.4 is 10.5 Å². The van der Waals surface area contributed by atoms with Gasteiger partial charge in [-0.1, -0.05) is 17.7 Å². The monoisotopic (exact) mass is 251 g/mol. The van der Waals surface area contributed by atoms with Crippen LogP contribution in [0.4, 0.5) is 10.1 Å². The van der Waals surface area contributed by atoms with E-state index in [0.29, 0.717) is 22.2 Å². The molecule has 4 heteroatoms. The third kappa shape index (κ3) is 2.88. The van der Waals surface area contributed by atoms with Crippen molar-refractivity contribution in [3.8, 4) is 11.5 Å². The highest BCUT2D eigenvalue weighted by molar-refractivity contribution is 6.30. The minimum absolute atomic E-state index is 0.319. The second-order valence-corrected chi connectivity index (χ2v) is 4.17. The van der Waals surface area contributed by atoms with E-state index in [1.807, 2.05) is 13.0 Å². The molecule has 0 bridgehead atoms. The van der Waals surface area contributed by atoms with Crippen molar-refractivity contribution in [2.75, 3.05) is 5.73 Å². The van der Waals surface area contributed by atoms with Crippen LogP contribution in [0.15, 0.2) is 36.4 Å². The maximum absolute atomic E-state index is 13.1. The highest BCUT2D eigenvalue weighted by atomic mass is 35.5. The zero-order valence-corrected chi connectivity index (χ0v) is 9.96. The minimum Gasteiger partial charge on any atom is -0.457 e. The zero-order chi connectivity index (χ0) is 12.4. The van der Waals surface area contributed by atoms with E-state index in [1.165, 1.54) is 12.1 Å². The first-order valence-corrected chi connectivity index (χ1v) is 5.42. The highest BCUT2D eigenvalue weighted by Gasteiger charge is 2.04. The number of nitrogen functional groups attached to an aromatic ring is 1. The molecule has 0 aliphatic rings. The fourth-order valence-electron chi connectivity index (χ4n) is 1.45. The third-order valence-corrected chi connectivity index (χ3v) is 2.51. The number of rotatable bonds is 2. The van der Waals surface area contributed by atoms with Gasteiger partial charge in [0.2, 0.25) is 0 Å². The average Bonchev–Trinajstić information content (AvgIpc) is 2.22. The van der Waals surface area contributed by atoms with Crippen molar-refractivity contribution in [3.05, 3.63) is 52.8 Å². The predicted molar refractivity (Wildman–Crippen MR) is 67.1 cm³/mol. The van der Waals surface area contributed by atoms with E-state index in [-0.39, 0.29) is 0 Å². The van der Waals surface area contributed by atoms with E-state index in [0.717, 1.165) is 5.56 Å². The van der Waals surface area contributed by atoms with Crippen molar-refractivity contribution in [3.63, 3.8) is 0 Å². The summed E-state index contributed by atoms with van der Waals surface area (Å²) in [6.07, 6.45) is 0. The molecule has 2 rings (SSSR count). The summed E-state index contributed by atoms with van der Waals surface area (Å²) >= 11 is 5.87. The van der Waals surface area contributed by atoms with Crippen molar-refractivity contribution >= 4 is 17.3 Å². The molecule has 0 radical (unpaired) electrons. The number of nitrogens with two attached hydrogens (primary N) is 1.